The van der Waals surface area contributed by atoms with E-state index in [1.807, 2.05) is 30.3 Å². The lowest BCUT2D eigenvalue weighted by atomic mass is 10.3. The molecule has 0 fully saturated rings. The highest BCUT2D eigenvalue weighted by molar-refractivity contribution is 5.54. The van der Waals surface area contributed by atoms with Crippen molar-refractivity contribution in [1.82, 2.24) is 9.97 Å². The van der Waals surface area contributed by atoms with Crippen LogP contribution in [-0.4, -0.2) is 21.5 Å². The molecule has 0 amide bonds. The number of nitro groups is 1. The second-order valence-corrected chi connectivity index (χ2v) is 3.57. The summed E-state index contributed by atoms with van der Waals surface area (Å²) in [5, 5.41) is 13.7. The summed E-state index contributed by atoms with van der Waals surface area (Å²) < 4.78 is 5.14. The maximum atomic E-state index is 10.8. The Balaban J connectivity index is 2.27. The van der Waals surface area contributed by atoms with Crippen molar-refractivity contribution in [2.24, 2.45) is 0 Å². The van der Waals surface area contributed by atoms with Crippen molar-refractivity contribution in [3.63, 3.8) is 0 Å². The van der Waals surface area contributed by atoms with Gasteiger partial charge in [0.2, 0.25) is 5.95 Å². The molecule has 1 heterocycles. The van der Waals surface area contributed by atoms with Crippen LogP contribution >= 0.6 is 0 Å². The van der Waals surface area contributed by atoms with Gasteiger partial charge in [0.1, 0.15) is 6.20 Å². The molecule has 0 radical (unpaired) electrons. The molecule has 0 aliphatic carbocycles. The van der Waals surface area contributed by atoms with Crippen LogP contribution in [0.5, 0.6) is 5.88 Å². The first-order chi connectivity index (χ1) is 9.20. The van der Waals surface area contributed by atoms with Crippen LogP contribution in [-0.2, 0) is 0 Å². The van der Waals surface area contributed by atoms with E-state index in [2.05, 4.69) is 15.3 Å². The molecule has 7 nitrogen and oxygen atoms in total. The van der Waals surface area contributed by atoms with Crippen molar-refractivity contribution in [2.45, 2.75) is 6.92 Å². The van der Waals surface area contributed by atoms with Crippen LogP contribution in [0.25, 0.3) is 0 Å². The minimum Gasteiger partial charge on any atom is -0.473 e. The van der Waals surface area contributed by atoms with Crippen LogP contribution in [0.2, 0.25) is 0 Å². The Morgan fingerprint density at radius 3 is 2.74 bits per heavy atom. The van der Waals surface area contributed by atoms with E-state index >= 15 is 0 Å². The minimum atomic E-state index is -0.572. The molecule has 0 bridgehead atoms. The number of hydrogen-bond donors (Lipinski definition) is 1. The van der Waals surface area contributed by atoms with Crippen LogP contribution in [0.3, 0.4) is 0 Å². The van der Waals surface area contributed by atoms with Gasteiger partial charge >= 0.3 is 5.69 Å². The van der Waals surface area contributed by atoms with Gasteiger partial charge in [-0.1, -0.05) is 18.2 Å². The molecule has 98 valence electrons. The molecule has 2 rings (SSSR count). The molecule has 0 saturated carbocycles. The predicted molar refractivity (Wildman–Crippen MR) is 69.6 cm³/mol. The van der Waals surface area contributed by atoms with E-state index in [1.165, 1.54) is 0 Å². The molecule has 1 N–H and O–H groups in total. The van der Waals surface area contributed by atoms with Crippen molar-refractivity contribution < 1.29 is 9.66 Å². The molecule has 0 spiro atoms. The van der Waals surface area contributed by atoms with Crippen molar-refractivity contribution in [2.75, 3.05) is 11.9 Å². The highest BCUT2D eigenvalue weighted by Gasteiger charge is 2.18. The highest BCUT2D eigenvalue weighted by Crippen LogP contribution is 2.25. The summed E-state index contributed by atoms with van der Waals surface area (Å²) in [6, 6.07) is 9.28. The highest BCUT2D eigenvalue weighted by atomic mass is 16.6. The van der Waals surface area contributed by atoms with Crippen molar-refractivity contribution in [3.05, 3.63) is 46.6 Å². The number of nitrogens with one attached hydrogen (secondary N) is 1. The van der Waals surface area contributed by atoms with E-state index < -0.39 is 4.92 Å². The summed E-state index contributed by atoms with van der Waals surface area (Å²) in [7, 11) is 0. The first-order valence-electron chi connectivity index (χ1n) is 5.67. The fourth-order valence-electron chi connectivity index (χ4n) is 1.44. The number of para-hydroxylation sites is 1. The molecule has 2 aromatic rings. The topological polar surface area (TPSA) is 90.2 Å². The minimum absolute atomic E-state index is 0.0408. The Labute approximate surface area is 109 Å². The Morgan fingerprint density at radius 2 is 2.11 bits per heavy atom. The fraction of sp³-hybridized carbons (Fsp3) is 0.167. The number of hydrogen-bond acceptors (Lipinski definition) is 6. The Morgan fingerprint density at radius 1 is 1.37 bits per heavy atom. The number of benzene rings is 1. The lowest BCUT2D eigenvalue weighted by Gasteiger charge is -2.07. The zero-order chi connectivity index (χ0) is 13.7. The second kappa shape index (κ2) is 5.76. The Kier molecular flexibility index (Phi) is 3.87. The monoisotopic (exact) mass is 260 g/mol. The molecule has 7 heteroatoms. The number of rotatable bonds is 5. The first-order valence-corrected chi connectivity index (χ1v) is 5.67. The number of ether oxygens (including phenoxy) is 1. The molecule has 0 unspecified atom stereocenters. The van der Waals surface area contributed by atoms with Gasteiger partial charge in [-0.15, -0.1) is 0 Å². The van der Waals surface area contributed by atoms with E-state index in [0.29, 0.717) is 6.61 Å². The lowest BCUT2D eigenvalue weighted by Crippen LogP contribution is -2.04. The van der Waals surface area contributed by atoms with Gasteiger partial charge in [0, 0.05) is 5.69 Å². The largest absolute Gasteiger partial charge is 0.473 e. The van der Waals surface area contributed by atoms with E-state index in [4.69, 9.17) is 4.74 Å². The van der Waals surface area contributed by atoms with Crippen LogP contribution < -0.4 is 10.1 Å². The van der Waals surface area contributed by atoms with E-state index in [0.717, 1.165) is 11.9 Å². The third-order valence-electron chi connectivity index (χ3n) is 2.24. The van der Waals surface area contributed by atoms with Gasteiger partial charge < -0.3 is 10.1 Å². The fourth-order valence-corrected chi connectivity index (χ4v) is 1.44. The zero-order valence-corrected chi connectivity index (χ0v) is 10.2. The number of aromatic nitrogens is 2. The average molecular weight is 260 g/mol. The maximum Gasteiger partial charge on any atom is 0.349 e. The summed E-state index contributed by atoms with van der Waals surface area (Å²) in [6.07, 6.45) is 1.13. The van der Waals surface area contributed by atoms with Gasteiger partial charge in [0.05, 0.1) is 11.5 Å². The van der Waals surface area contributed by atoms with Crippen molar-refractivity contribution in [1.29, 1.82) is 0 Å². The molecule has 19 heavy (non-hydrogen) atoms. The normalized spacial score (nSPS) is 9.95. The van der Waals surface area contributed by atoms with Gasteiger partial charge in [-0.2, -0.15) is 4.98 Å². The lowest BCUT2D eigenvalue weighted by molar-refractivity contribution is -0.386. The summed E-state index contributed by atoms with van der Waals surface area (Å²) in [5.74, 6) is 0.209. The second-order valence-electron chi connectivity index (χ2n) is 3.57. The summed E-state index contributed by atoms with van der Waals surface area (Å²) in [6.45, 7) is 2.03. The standard InChI is InChI=1S/C12H12N4O3/c1-2-19-11-10(16(17)18)8-13-12(15-11)14-9-6-4-3-5-7-9/h3-8H,2H2,1H3,(H,13,14,15). The smallest absolute Gasteiger partial charge is 0.349 e. The first kappa shape index (κ1) is 12.7. The van der Waals surface area contributed by atoms with Gasteiger partial charge in [-0.25, -0.2) is 4.98 Å². The Bertz CT molecular complexity index is 574. The molecule has 0 atom stereocenters. The van der Waals surface area contributed by atoms with Gasteiger partial charge in [-0.05, 0) is 19.1 Å². The molecular formula is C12H12N4O3. The summed E-state index contributed by atoms with van der Waals surface area (Å²) in [4.78, 5) is 18.1. The van der Waals surface area contributed by atoms with Gasteiger partial charge in [0.25, 0.3) is 5.88 Å². The van der Waals surface area contributed by atoms with Gasteiger partial charge in [-0.3, -0.25) is 10.1 Å². The molecule has 0 saturated heterocycles. The summed E-state index contributed by atoms with van der Waals surface area (Å²) in [5.41, 5.74) is 0.541. The van der Waals surface area contributed by atoms with Gasteiger partial charge in [0.15, 0.2) is 0 Å². The predicted octanol–water partition coefficient (Wildman–Crippen LogP) is 2.53. The van der Waals surface area contributed by atoms with Crippen LogP contribution in [0, 0.1) is 10.1 Å². The summed E-state index contributed by atoms with van der Waals surface area (Å²) >= 11 is 0. The van der Waals surface area contributed by atoms with E-state index in [9.17, 15) is 10.1 Å². The van der Waals surface area contributed by atoms with Crippen molar-refractivity contribution in [3.8, 4) is 5.88 Å². The van der Waals surface area contributed by atoms with Crippen LogP contribution in [0.4, 0.5) is 17.3 Å². The van der Waals surface area contributed by atoms with Crippen LogP contribution in [0.15, 0.2) is 36.5 Å². The Hall–Kier alpha value is -2.70. The van der Waals surface area contributed by atoms with Crippen LogP contribution in [0.1, 0.15) is 6.92 Å². The number of anilines is 2. The van der Waals surface area contributed by atoms with Crippen molar-refractivity contribution >= 4 is 17.3 Å². The molecular weight excluding hydrogens is 248 g/mol. The maximum absolute atomic E-state index is 10.8. The SMILES string of the molecule is CCOc1nc(Nc2ccccc2)ncc1[N+](=O)[O-]. The van der Waals surface area contributed by atoms with E-state index in [-0.39, 0.29) is 17.5 Å². The quantitative estimate of drug-likeness (QED) is 0.656. The average Bonchev–Trinajstić information content (AvgIpc) is 2.40. The molecule has 0 aliphatic heterocycles. The molecule has 1 aromatic heterocycles. The third kappa shape index (κ3) is 3.15. The zero-order valence-electron chi connectivity index (χ0n) is 10.2. The number of nitrogens with zero attached hydrogens (tertiary/aromatic N) is 3. The molecule has 1 aromatic carbocycles. The van der Waals surface area contributed by atoms with E-state index in [1.54, 1.807) is 6.92 Å². The third-order valence-corrected chi connectivity index (χ3v) is 2.24. The molecule has 0 aliphatic rings.